The highest BCUT2D eigenvalue weighted by atomic mass is 16.6. The first-order valence-electron chi connectivity index (χ1n) is 9.13. The molecular weight excluding hydrogens is 356 g/mol. The van der Waals surface area contributed by atoms with Crippen molar-refractivity contribution in [1.29, 1.82) is 0 Å². The van der Waals surface area contributed by atoms with Crippen molar-refractivity contribution in [3.05, 3.63) is 12.2 Å². The van der Waals surface area contributed by atoms with E-state index in [1.165, 1.54) is 6.92 Å². The number of carbonyl (C=O) groups is 4. The summed E-state index contributed by atoms with van der Waals surface area (Å²) in [5, 5.41) is 0. The zero-order valence-corrected chi connectivity index (χ0v) is 15.5. The zero-order valence-electron chi connectivity index (χ0n) is 15.5. The molecule has 0 aromatic carbocycles. The van der Waals surface area contributed by atoms with Gasteiger partial charge in [-0.3, -0.25) is 4.79 Å². The first kappa shape index (κ1) is 19.5. The second-order valence-electron chi connectivity index (χ2n) is 7.50. The van der Waals surface area contributed by atoms with E-state index in [0.717, 1.165) is 6.42 Å². The molecule has 0 radical (unpaired) electrons. The molecule has 2 saturated carbocycles. The molecule has 3 fully saturated rings. The molecule has 8 heteroatoms. The Labute approximate surface area is 157 Å². The highest BCUT2D eigenvalue weighted by Gasteiger charge is 2.60. The number of Topliss-reactive ketones (excluding diaryl/α,β-unsaturated/α-hetero) is 1. The highest BCUT2D eigenvalue weighted by Crippen LogP contribution is 2.56. The van der Waals surface area contributed by atoms with Crippen molar-refractivity contribution in [3.8, 4) is 0 Å². The molecule has 6 unspecified atom stereocenters. The Morgan fingerprint density at radius 1 is 1.15 bits per heavy atom. The lowest BCUT2D eigenvalue weighted by atomic mass is 9.76. The monoisotopic (exact) mass is 380 g/mol. The molecule has 8 nitrogen and oxygen atoms in total. The van der Waals surface area contributed by atoms with Crippen LogP contribution in [0.1, 0.15) is 26.7 Å². The van der Waals surface area contributed by atoms with Gasteiger partial charge in [0, 0.05) is 17.9 Å². The van der Waals surface area contributed by atoms with Gasteiger partial charge >= 0.3 is 17.9 Å². The summed E-state index contributed by atoms with van der Waals surface area (Å²) in [4.78, 5) is 46.4. The summed E-state index contributed by atoms with van der Waals surface area (Å²) >= 11 is 0. The van der Waals surface area contributed by atoms with Crippen molar-refractivity contribution in [2.24, 2.45) is 23.7 Å². The molecule has 0 aromatic heterocycles. The molecule has 1 saturated heterocycles. The molecule has 0 spiro atoms. The number of fused-ring (bicyclic) bond motifs is 1. The fourth-order valence-electron chi connectivity index (χ4n) is 4.54. The number of esters is 3. The average molecular weight is 380 g/mol. The van der Waals surface area contributed by atoms with Crippen molar-refractivity contribution in [1.82, 2.24) is 0 Å². The summed E-state index contributed by atoms with van der Waals surface area (Å²) in [6.45, 7) is 6.62. The van der Waals surface area contributed by atoms with Gasteiger partial charge in [0.2, 0.25) is 5.78 Å². The Kier molecular flexibility index (Phi) is 5.64. The van der Waals surface area contributed by atoms with E-state index in [-0.39, 0.29) is 55.0 Å². The van der Waals surface area contributed by atoms with Crippen LogP contribution >= 0.6 is 0 Å². The van der Waals surface area contributed by atoms with E-state index in [0.29, 0.717) is 0 Å². The smallest absolute Gasteiger partial charge is 0.374 e. The van der Waals surface area contributed by atoms with Crippen molar-refractivity contribution in [2.45, 2.75) is 38.9 Å². The van der Waals surface area contributed by atoms with Crippen LogP contribution in [0.2, 0.25) is 0 Å². The molecule has 0 amide bonds. The minimum atomic E-state index is -0.776. The summed E-state index contributed by atoms with van der Waals surface area (Å²) in [5.74, 6) is -1.76. The zero-order chi connectivity index (χ0) is 19.7. The second kappa shape index (κ2) is 7.80. The van der Waals surface area contributed by atoms with E-state index in [1.807, 2.05) is 0 Å². The first-order valence-corrected chi connectivity index (χ1v) is 9.13. The second-order valence-corrected chi connectivity index (χ2v) is 7.50. The van der Waals surface area contributed by atoms with E-state index in [9.17, 15) is 19.2 Å². The van der Waals surface area contributed by atoms with Crippen molar-refractivity contribution >= 4 is 23.7 Å². The van der Waals surface area contributed by atoms with Gasteiger partial charge in [0.15, 0.2) is 6.61 Å². The molecule has 0 aromatic rings. The van der Waals surface area contributed by atoms with Gasteiger partial charge in [-0.2, -0.15) is 0 Å². The number of ketones is 1. The summed E-state index contributed by atoms with van der Waals surface area (Å²) < 4.78 is 20.9. The van der Waals surface area contributed by atoms with Crippen LogP contribution in [0.3, 0.4) is 0 Å². The number of hydrogen-bond donors (Lipinski definition) is 0. The van der Waals surface area contributed by atoms with E-state index in [2.05, 4.69) is 13.5 Å². The van der Waals surface area contributed by atoms with Crippen LogP contribution in [0.15, 0.2) is 12.2 Å². The standard InChI is InChI=1S/C19H24O8/c1-9(2)18(22)26-8-15(21)24-4-5-25-16-12-6-13-11(10(12)3)7-14(20)19(23)27-17(13)16/h10-13,16-17H,1,4-8H2,2-3H3. The third-order valence-electron chi connectivity index (χ3n) is 5.83. The molecular formula is C19H24O8. The van der Waals surface area contributed by atoms with Crippen LogP contribution in [0.25, 0.3) is 0 Å². The van der Waals surface area contributed by atoms with Crippen LogP contribution in [0.5, 0.6) is 0 Å². The van der Waals surface area contributed by atoms with Crippen molar-refractivity contribution < 1.29 is 38.1 Å². The molecule has 2 aliphatic carbocycles. The third-order valence-corrected chi connectivity index (χ3v) is 5.83. The fourth-order valence-corrected chi connectivity index (χ4v) is 4.54. The molecule has 1 heterocycles. The Hall–Kier alpha value is -2.22. The van der Waals surface area contributed by atoms with Crippen molar-refractivity contribution in [3.63, 3.8) is 0 Å². The van der Waals surface area contributed by atoms with Gasteiger partial charge in [-0.15, -0.1) is 0 Å². The summed E-state index contributed by atoms with van der Waals surface area (Å²) in [6.07, 6.45) is 0.418. The SMILES string of the molecule is C=C(C)C(=O)OCC(=O)OCCOC1C2CC3C(CC(=O)C(=O)OC31)C2C. The molecule has 0 N–H and O–H groups in total. The van der Waals surface area contributed by atoms with Gasteiger partial charge in [0.25, 0.3) is 0 Å². The van der Waals surface area contributed by atoms with Crippen LogP contribution in [0.4, 0.5) is 0 Å². The molecule has 3 rings (SSSR count). The van der Waals surface area contributed by atoms with E-state index < -0.39 is 36.4 Å². The lowest BCUT2D eigenvalue weighted by Crippen LogP contribution is -2.43. The van der Waals surface area contributed by atoms with Crippen LogP contribution < -0.4 is 0 Å². The quantitative estimate of drug-likeness (QED) is 0.210. The lowest BCUT2D eigenvalue weighted by Gasteiger charge is -2.36. The van der Waals surface area contributed by atoms with Crippen LogP contribution in [0, 0.1) is 23.7 Å². The maximum absolute atomic E-state index is 11.8. The van der Waals surface area contributed by atoms with E-state index in [4.69, 9.17) is 18.9 Å². The van der Waals surface area contributed by atoms with Gasteiger partial charge in [-0.05, 0) is 31.1 Å². The number of hydrogen-bond acceptors (Lipinski definition) is 8. The third kappa shape index (κ3) is 3.90. The minimum Gasteiger partial charge on any atom is -0.461 e. The van der Waals surface area contributed by atoms with Gasteiger partial charge in [-0.1, -0.05) is 13.5 Å². The van der Waals surface area contributed by atoms with E-state index >= 15 is 0 Å². The molecule has 2 bridgehead atoms. The molecule has 27 heavy (non-hydrogen) atoms. The van der Waals surface area contributed by atoms with Gasteiger partial charge in [0.1, 0.15) is 12.7 Å². The molecule has 3 aliphatic rings. The molecule has 1 aliphatic heterocycles. The Balaban J connectivity index is 1.46. The first-order chi connectivity index (χ1) is 12.8. The Morgan fingerprint density at radius 2 is 1.89 bits per heavy atom. The van der Waals surface area contributed by atoms with E-state index in [1.54, 1.807) is 0 Å². The average Bonchev–Trinajstić information content (AvgIpc) is 3.09. The Morgan fingerprint density at radius 3 is 2.59 bits per heavy atom. The Bertz CT molecular complexity index is 669. The summed E-state index contributed by atoms with van der Waals surface area (Å²) in [5.41, 5.74) is 0.200. The molecule has 6 atom stereocenters. The topological polar surface area (TPSA) is 105 Å². The maximum Gasteiger partial charge on any atom is 0.374 e. The van der Waals surface area contributed by atoms with Gasteiger partial charge in [0.05, 0.1) is 12.7 Å². The predicted octanol–water partition coefficient (Wildman–Crippen LogP) is 0.821. The summed E-state index contributed by atoms with van der Waals surface area (Å²) in [7, 11) is 0. The fraction of sp³-hybridized carbons (Fsp3) is 0.684. The number of carbonyl (C=O) groups excluding carboxylic acids is 4. The number of rotatable bonds is 7. The highest BCUT2D eigenvalue weighted by molar-refractivity contribution is 6.33. The van der Waals surface area contributed by atoms with Crippen LogP contribution in [-0.2, 0) is 38.1 Å². The minimum absolute atomic E-state index is 0.00521. The number of ether oxygens (including phenoxy) is 4. The van der Waals surface area contributed by atoms with Crippen LogP contribution in [-0.4, -0.2) is 55.7 Å². The largest absolute Gasteiger partial charge is 0.461 e. The van der Waals surface area contributed by atoms with Crippen molar-refractivity contribution in [2.75, 3.05) is 19.8 Å². The van der Waals surface area contributed by atoms with Gasteiger partial charge in [-0.25, -0.2) is 14.4 Å². The molecule has 148 valence electrons. The van der Waals surface area contributed by atoms with Gasteiger partial charge < -0.3 is 18.9 Å². The lowest BCUT2D eigenvalue weighted by molar-refractivity contribution is -0.168. The summed E-state index contributed by atoms with van der Waals surface area (Å²) in [6, 6.07) is 0. The maximum atomic E-state index is 11.8. The normalized spacial score (nSPS) is 34.0. The predicted molar refractivity (Wildman–Crippen MR) is 90.2 cm³/mol.